The second-order valence-corrected chi connectivity index (χ2v) is 5.53. The molecule has 5 heteroatoms. The van der Waals surface area contributed by atoms with Gasteiger partial charge in [-0.3, -0.25) is 4.79 Å². The average Bonchev–Trinajstić information content (AvgIpc) is 2.27. The van der Waals surface area contributed by atoms with Crippen LogP contribution in [0.4, 0.5) is 0 Å². The maximum atomic E-state index is 12.0. The first kappa shape index (κ1) is 13.3. The molecule has 1 saturated heterocycles. The number of nitrogens with zero attached hydrogens (tertiary/aromatic N) is 1. The van der Waals surface area contributed by atoms with Crippen LogP contribution in [0.5, 0.6) is 0 Å². The number of hydrogen-bond acceptors (Lipinski definition) is 3. The summed E-state index contributed by atoms with van der Waals surface area (Å²) in [6.45, 7) is 4.75. The number of carbonyl (C=O) groups excluding carboxylic acids is 1. The topological polar surface area (TPSA) is 51.2 Å². The smallest absolute Gasteiger partial charge is 0.251 e. The van der Waals surface area contributed by atoms with Gasteiger partial charge in [0.1, 0.15) is 5.15 Å². The van der Waals surface area contributed by atoms with E-state index in [1.165, 1.54) is 6.20 Å². The Labute approximate surface area is 112 Å². The van der Waals surface area contributed by atoms with Gasteiger partial charge in [-0.15, -0.1) is 0 Å². The van der Waals surface area contributed by atoms with Crippen molar-refractivity contribution in [2.75, 3.05) is 6.61 Å². The van der Waals surface area contributed by atoms with Crippen LogP contribution in [0, 0.1) is 0 Å². The van der Waals surface area contributed by atoms with Gasteiger partial charge in [0.25, 0.3) is 5.91 Å². The molecule has 1 unspecified atom stereocenters. The summed E-state index contributed by atoms with van der Waals surface area (Å²) in [5.41, 5.74) is 0.366. The number of amides is 1. The number of nitrogens with one attached hydrogen (secondary N) is 1. The Hall–Kier alpha value is -1.13. The van der Waals surface area contributed by atoms with Crippen molar-refractivity contribution in [3.05, 3.63) is 29.0 Å². The van der Waals surface area contributed by atoms with Gasteiger partial charge in [0, 0.05) is 24.4 Å². The second-order valence-electron chi connectivity index (χ2n) is 5.14. The molecule has 2 rings (SSSR count). The van der Waals surface area contributed by atoms with E-state index in [0.29, 0.717) is 17.3 Å². The fraction of sp³-hybridized carbons (Fsp3) is 0.538. The van der Waals surface area contributed by atoms with Crippen LogP contribution in [0.15, 0.2) is 18.3 Å². The first-order chi connectivity index (χ1) is 8.46. The van der Waals surface area contributed by atoms with Gasteiger partial charge in [-0.05, 0) is 38.8 Å². The molecule has 18 heavy (non-hydrogen) atoms. The maximum Gasteiger partial charge on any atom is 0.251 e. The first-order valence-electron chi connectivity index (χ1n) is 6.03. The van der Waals surface area contributed by atoms with E-state index in [1.54, 1.807) is 12.1 Å². The zero-order valence-electron chi connectivity index (χ0n) is 10.6. The lowest BCUT2D eigenvalue weighted by Gasteiger charge is -2.35. The number of ether oxygens (including phenoxy) is 1. The van der Waals surface area contributed by atoms with Gasteiger partial charge in [-0.25, -0.2) is 4.98 Å². The van der Waals surface area contributed by atoms with Crippen LogP contribution in [0.3, 0.4) is 0 Å². The van der Waals surface area contributed by atoms with Crippen LogP contribution >= 0.6 is 11.6 Å². The number of rotatable bonds is 2. The molecule has 0 spiro atoms. The summed E-state index contributed by atoms with van der Waals surface area (Å²) in [4.78, 5) is 15.9. The molecule has 0 aromatic carbocycles. The third-order valence-corrected chi connectivity index (χ3v) is 3.23. The number of halogens is 1. The minimum absolute atomic E-state index is 0.109. The predicted molar refractivity (Wildman–Crippen MR) is 69.8 cm³/mol. The summed E-state index contributed by atoms with van der Waals surface area (Å²) in [5, 5.41) is 3.34. The van der Waals surface area contributed by atoms with E-state index in [1.807, 2.05) is 13.8 Å². The summed E-state index contributed by atoms with van der Waals surface area (Å²) in [5.74, 6) is -0.109. The molecule has 1 aliphatic rings. The maximum absolute atomic E-state index is 12.0. The molecular weight excluding hydrogens is 252 g/mol. The Balaban J connectivity index is 1.99. The van der Waals surface area contributed by atoms with Gasteiger partial charge in [-0.2, -0.15) is 0 Å². The molecule has 1 fully saturated rings. The van der Waals surface area contributed by atoms with Gasteiger partial charge in [-0.1, -0.05) is 11.6 Å². The Bertz CT molecular complexity index is 448. The minimum atomic E-state index is -0.175. The highest BCUT2D eigenvalue weighted by atomic mass is 35.5. The lowest BCUT2D eigenvalue weighted by Crippen LogP contribution is -2.45. The molecule has 0 radical (unpaired) electrons. The first-order valence-corrected chi connectivity index (χ1v) is 6.40. The monoisotopic (exact) mass is 268 g/mol. The van der Waals surface area contributed by atoms with Crippen molar-refractivity contribution < 1.29 is 9.53 Å². The lowest BCUT2D eigenvalue weighted by atomic mass is 9.94. The van der Waals surface area contributed by atoms with E-state index in [9.17, 15) is 4.79 Å². The number of carbonyl (C=O) groups is 1. The van der Waals surface area contributed by atoms with Crippen LogP contribution in [0.1, 0.15) is 37.0 Å². The van der Waals surface area contributed by atoms with Crippen LogP contribution in [0.2, 0.25) is 5.15 Å². The molecule has 0 bridgehead atoms. The highest BCUT2D eigenvalue weighted by Gasteiger charge is 2.29. The summed E-state index contributed by atoms with van der Waals surface area (Å²) in [6, 6.07) is 3.38. The van der Waals surface area contributed by atoms with Gasteiger partial charge >= 0.3 is 0 Å². The van der Waals surface area contributed by atoms with Gasteiger partial charge in [0.15, 0.2) is 0 Å². The zero-order valence-corrected chi connectivity index (χ0v) is 11.3. The number of pyridine rings is 1. The molecule has 4 nitrogen and oxygen atoms in total. The fourth-order valence-electron chi connectivity index (χ4n) is 2.17. The predicted octanol–water partition coefficient (Wildman–Crippen LogP) is 2.42. The zero-order chi connectivity index (χ0) is 13.2. The minimum Gasteiger partial charge on any atom is -0.375 e. The van der Waals surface area contributed by atoms with E-state index in [-0.39, 0.29) is 17.6 Å². The fourth-order valence-corrected chi connectivity index (χ4v) is 2.34. The van der Waals surface area contributed by atoms with Crippen LogP contribution in [-0.4, -0.2) is 29.1 Å². The summed E-state index contributed by atoms with van der Waals surface area (Å²) in [7, 11) is 0. The molecular formula is C13H17ClN2O2. The highest BCUT2D eigenvalue weighted by Crippen LogP contribution is 2.24. The third-order valence-electron chi connectivity index (χ3n) is 3.02. The molecule has 98 valence electrons. The van der Waals surface area contributed by atoms with Gasteiger partial charge < -0.3 is 10.1 Å². The SMILES string of the molecule is CC1(C)CC(NC(=O)c2ccnc(Cl)c2)CCO1. The highest BCUT2D eigenvalue weighted by molar-refractivity contribution is 6.29. The van der Waals surface area contributed by atoms with E-state index < -0.39 is 0 Å². The molecule has 1 amide bonds. The summed E-state index contributed by atoms with van der Waals surface area (Å²) in [6.07, 6.45) is 3.19. The summed E-state index contributed by atoms with van der Waals surface area (Å²) < 4.78 is 5.62. The van der Waals surface area contributed by atoms with Crippen LogP contribution in [-0.2, 0) is 4.74 Å². The molecule has 1 aromatic heterocycles. The Morgan fingerprint density at radius 3 is 3.06 bits per heavy atom. The molecule has 0 saturated carbocycles. The van der Waals surface area contributed by atoms with E-state index in [0.717, 1.165) is 12.8 Å². The average molecular weight is 269 g/mol. The van der Waals surface area contributed by atoms with Crippen molar-refractivity contribution in [1.29, 1.82) is 0 Å². The van der Waals surface area contributed by atoms with Crippen molar-refractivity contribution in [2.45, 2.75) is 38.3 Å². The molecule has 2 heterocycles. The second kappa shape index (κ2) is 5.24. The Morgan fingerprint density at radius 2 is 2.39 bits per heavy atom. The number of aromatic nitrogens is 1. The normalized spacial score (nSPS) is 22.5. The Kier molecular flexibility index (Phi) is 3.88. The van der Waals surface area contributed by atoms with Crippen molar-refractivity contribution in [3.8, 4) is 0 Å². The van der Waals surface area contributed by atoms with Crippen molar-refractivity contribution in [2.24, 2.45) is 0 Å². The van der Waals surface area contributed by atoms with Crippen molar-refractivity contribution in [1.82, 2.24) is 10.3 Å². The molecule has 1 aromatic rings. The van der Waals surface area contributed by atoms with E-state index in [2.05, 4.69) is 10.3 Å². The van der Waals surface area contributed by atoms with Crippen molar-refractivity contribution in [3.63, 3.8) is 0 Å². The molecule has 1 N–H and O–H groups in total. The van der Waals surface area contributed by atoms with Crippen LogP contribution < -0.4 is 5.32 Å². The van der Waals surface area contributed by atoms with E-state index in [4.69, 9.17) is 16.3 Å². The number of hydrogen-bond donors (Lipinski definition) is 1. The largest absolute Gasteiger partial charge is 0.375 e. The standard InChI is InChI=1S/C13H17ClN2O2/c1-13(2)8-10(4-6-18-13)16-12(17)9-3-5-15-11(14)7-9/h3,5,7,10H,4,6,8H2,1-2H3,(H,16,17). The van der Waals surface area contributed by atoms with Gasteiger partial charge in [0.2, 0.25) is 0 Å². The third kappa shape index (κ3) is 3.43. The summed E-state index contributed by atoms with van der Waals surface area (Å²) >= 11 is 5.77. The quantitative estimate of drug-likeness (QED) is 0.838. The van der Waals surface area contributed by atoms with E-state index >= 15 is 0 Å². The molecule has 0 aliphatic carbocycles. The molecule has 1 aliphatic heterocycles. The lowest BCUT2D eigenvalue weighted by molar-refractivity contribution is -0.0615. The van der Waals surface area contributed by atoms with Crippen LogP contribution in [0.25, 0.3) is 0 Å². The molecule has 1 atom stereocenters. The van der Waals surface area contributed by atoms with Crippen molar-refractivity contribution >= 4 is 17.5 Å². The Morgan fingerprint density at radius 1 is 1.61 bits per heavy atom. The van der Waals surface area contributed by atoms with Gasteiger partial charge in [0.05, 0.1) is 5.60 Å².